The zero-order valence-corrected chi connectivity index (χ0v) is 8.88. The molecule has 0 aliphatic carbocycles. The maximum atomic E-state index is 11.1. The number of carbonyl (C=O) groups excluding carboxylic acids is 1. The molecule has 0 fully saturated rings. The first-order valence-electron chi connectivity index (χ1n) is 4.32. The summed E-state index contributed by atoms with van der Waals surface area (Å²) in [5.74, 6) is -0.199. The highest BCUT2D eigenvalue weighted by molar-refractivity contribution is 5.88. The largest absolute Gasteiger partial charge is 0.381 e. The molecule has 0 saturated carbocycles. The van der Waals surface area contributed by atoms with Crippen molar-refractivity contribution in [2.24, 2.45) is 11.0 Å². The summed E-state index contributed by atoms with van der Waals surface area (Å²) in [7, 11) is 0. The van der Waals surface area contributed by atoms with E-state index in [-0.39, 0.29) is 0 Å². The standard InChI is InChI=1S/C9H18N2O2/c1-6(2)7(3)10-11-8(12)9(4,5)13/h6,13H,1-5H3,(H,11,12)/b10-7+. The Labute approximate surface area is 79.0 Å². The molecule has 0 rings (SSSR count). The zero-order valence-electron chi connectivity index (χ0n) is 8.88. The molecule has 4 heteroatoms. The predicted octanol–water partition coefficient (Wildman–Crippen LogP) is 0.905. The molecule has 0 aromatic heterocycles. The van der Waals surface area contributed by atoms with Crippen molar-refractivity contribution in [3.63, 3.8) is 0 Å². The highest BCUT2D eigenvalue weighted by atomic mass is 16.3. The van der Waals surface area contributed by atoms with Gasteiger partial charge in [-0.1, -0.05) is 13.8 Å². The molecule has 0 saturated heterocycles. The average molecular weight is 186 g/mol. The number of hydrazone groups is 1. The fourth-order valence-electron chi connectivity index (χ4n) is 0.405. The van der Waals surface area contributed by atoms with E-state index < -0.39 is 11.5 Å². The summed E-state index contributed by atoms with van der Waals surface area (Å²) >= 11 is 0. The lowest BCUT2D eigenvalue weighted by atomic mass is 10.1. The molecule has 4 nitrogen and oxygen atoms in total. The molecule has 76 valence electrons. The third-order valence-electron chi connectivity index (χ3n) is 1.73. The third kappa shape index (κ3) is 4.62. The van der Waals surface area contributed by atoms with E-state index in [2.05, 4.69) is 10.5 Å². The van der Waals surface area contributed by atoms with E-state index in [0.29, 0.717) is 5.92 Å². The normalized spacial score (nSPS) is 13.3. The quantitative estimate of drug-likeness (QED) is 0.508. The lowest BCUT2D eigenvalue weighted by Crippen LogP contribution is -2.40. The van der Waals surface area contributed by atoms with Crippen LogP contribution in [0.25, 0.3) is 0 Å². The second-order valence-electron chi connectivity index (χ2n) is 3.91. The van der Waals surface area contributed by atoms with E-state index in [9.17, 15) is 9.90 Å². The Balaban J connectivity index is 4.18. The number of hydrogen-bond donors (Lipinski definition) is 2. The van der Waals surface area contributed by atoms with Gasteiger partial charge >= 0.3 is 0 Å². The summed E-state index contributed by atoms with van der Waals surface area (Å²) in [4.78, 5) is 11.1. The summed E-state index contributed by atoms with van der Waals surface area (Å²) in [6.07, 6.45) is 0. The number of carbonyl (C=O) groups is 1. The predicted molar refractivity (Wildman–Crippen MR) is 52.4 cm³/mol. The topological polar surface area (TPSA) is 61.7 Å². The molecular formula is C9H18N2O2. The van der Waals surface area contributed by atoms with E-state index in [0.717, 1.165) is 5.71 Å². The number of aliphatic hydroxyl groups is 1. The van der Waals surface area contributed by atoms with Crippen LogP contribution >= 0.6 is 0 Å². The van der Waals surface area contributed by atoms with E-state index in [4.69, 9.17) is 0 Å². The molecule has 0 heterocycles. The first-order chi connectivity index (χ1) is 5.75. The van der Waals surface area contributed by atoms with Gasteiger partial charge in [-0.3, -0.25) is 4.79 Å². The Bertz CT molecular complexity index is 214. The first kappa shape index (κ1) is 12.1. The molecule has 0 aliphatic heterocycles. The molecule has 0 aromatic carbocycles. The third-order valence-corrected chi connectivity index (χ3v) is 1.73. The minimum Gasteiger partial charge on any atom is -0.381 e. The molecule has 0 bridgehead atoms. The van der Waals surface area contributed by atoms with Gasteiger partial charge in [0.25, 0.3) is 5.91 Å². The van der Waals surface area contributed by atoms with Crippen LogP contribution in [-0.2, 0) is 4.79 Å². The van der Waals surface area contributed by atoms with Crippen molar-refractivity contribution < 1.29 is 9.90 Å². The Morgan fingerprint density at radius 3 is 2.23 bits per heavy atom. The van der Waals surface area contributed by atoms with Crippen molar-refractivity contribution in [2.45, 2.75) is 40.2 Å². The summed E-state index contributed by atoms with van der Waals surface area (Å²) in [5, 5.41) is 13.1. The number of rotatable bonds is 3. The van der Waals surface area contributed by atoms with Crippen molar-refractivity contribution in [1.29, 1.82) is 0 Å². The van der Waals surface area contributed by atoms with Gasteiger partial charge in [0.05, 0.1) is 0 Å². The highest BCUT2D eigenvalue weighted by Gasteiger charge is 2.23. The van der Waals surface area contributed by atoms with Crippen molar-refractivity contribution in [2.75, 3.05) is 0 Å². The fourth-order valence-corrected chi connectivity index (χ4v) is 0.405. The fraction of sp³-hybridized carbons (Fsp3) is 0.778. The molecule has 1 amide bonds. The van der Waals surface area contributed by atoms with Crippen LogP contribution in [0.1, 0.15) is 34.6 Å². The summed E-state index contributed by atoms with van der Waals surface area (Å²) in [6.45, 7) is 8.63. The number of nitrogens with zero attached hydrogens (tertiary/aromatic N) is 1. The highest BCUT2D eigenvalue weighted by Crippen LogP contribution is 2.00. The minimum atomic E-state index is -1.37. The number of hydrogen-bond acceptors (Lipinski definition) is 3. The maximum absolute atomic E-state index is 11.1. The minimum absolute atomic E-state index is 0.294. The van der Waals surface area contributed by atoms with Gasteiger partial charge in [0, 0.05) is 5.71 Å². The Morgan fingerprint density at radius 1 is 1.46 bits per heavy atom. The summed E-state index contributed by atoms with van der Waals surface area (Å²) in [6, 6.07) is 0. The molecule has 2 N–H and O–H groups in total. The SMILES string of the molecule is C/C(=N\NC(=O)C(C)(C)O)C(C)C. The second-order valence-corrected chi connectivity index (χ2v) is 3.91. The van der Waals surface area contributed by atoms with Gasteiger partial charge in [-0.15, -0.1) is 0 Å². The number of nitrogens with one attached hydrogen (secondary N) is 1. The van der Waals surface area contributed by atoms with Crippen LogP contribution in [0.2, 0.25) is 0 Å². The first-order valence-corrected chi connectivity index (χ1v) is 4.32. The molecule has 0 aliphatic rings. The van der Waals surface area contributed by atoms with Crippen molar-refractivity contribution >= 4 is 11.6 Å². The van der Waals surface area contributed by atoms with Gasteiger partial charge in [0.2, 0.25) is 0 Å². The van der Waals surface area contributed by atoms with Crippen LogP contribution in [0.15, 0.2) is 5.10 Å². The van der Waals surface area contributed by atoms with Gasteiger partial charge in [0.1, 0.15) is 5.60 Å². The van der Waals surface area contributed by atoms with Crippen LogP contribution in [0.4, 0.5) is 0 Å². The van der Waals surface area contributed by atoms with E-state index in [1.165, 1.54) is 13.8 Å². The van der Waals surface area contributed by atoms with Gasteiger partial charge in [-0.2, -0.15) is 5.10 Å². The number of amides is 1. The smallest absolute Gasteiger partial charge is 0.271 e. The van der Waals surface area contributed by atoms with Crippen molar-refractivity contribution in [3.05, 3.63) is 0 Å². The molecule has 0 spiro atoms. The molecule has 0 atom stereocenters. The van der Waals surface area contributed by atoms with Gasteiger partial charge < -0.3 is 5.11 Å². The molecule has 0 aromatic rings. The molecular weight excluding hydrogens is 168 g/mol. The van der Waals surface area contributed by atoms with Gasteiger partial charge in [0.15, 0.2) is 0 Å². The van der Waals surface area contributed by atoms with Crippen LogP contribution in [0.3, 0.4) is 0 Å². The Morgan fingerprint density at radius 2 is 1.92 bits per heavy atom. The Hall–Kier alpha value is -0.900. The van der Waals surface area contributed by atoms with E-state index >= 15 is 0 Å². The van der Waals surface area contributed by atoms with Crippen LogP contribution in [-0.4, -0.2) is 22.3 Å². The van der Waals surface area contributed by atoms with Crippen LogP contribution < -0.4 is 5.43 Å². The molecule has 13 heavy (non-hydrogen) atoms. The van der Waals surface area contributed by atoms with Crippen molar-refractivity contribution in [1.82, 2.24) is 5.43 Å². The zero-order chi connectivity index (χ0) is 10.6. The van der Waals surface area contributed by atoms with Crippen molar-refractivity contribution in [3.8, 4) is 0 Å². The van der Waals surface area contributed by atoms with E-state index in [1.54, 1.807) is 0 Å². The van der Waals surface area contributed by atoms with Gasteiger partial charge in [-0.05, 0) is 26.7 Å². The lowest BCUT2D eigenvalue weighted by molar-refractivity contribution is -0.136. The summed E-state index contributed by atoms with van der Waals surface area (Å²) in [5.41, 5.74) is 1.76. The molecule has 0 unspecified atom stereocenters. The molecule has 0 radical (unpaired) electrons. The summed E-state index contributed by atoms with van der Waals surface area (Å²) < 4.78 is 0. The van der Waals surface area contributed by atoms with E-state index in [1.807, 2.05) is 20.8 Å². The lowest BCUT2D eigenvalue weighted by Gasteiger charge is -2.14. The maximum Gasteiger partial charge on any atom is 0.271 e. The Kier molecular flexibility index (Phi) is 4.07. The average Bonchev–Trinajstić information content (AvgIpc) is 1.97. The monoisotopic (exact) mass is 186 g/mol. The second kappa shape index (κ2) is 4.37. The van der Waals surface area contributed by atoms with Gasteiger partial charge in [-0.25, -0.2) is 5.43 Å². The van der Waals surface area contributed by atoms with Crippen LogP contribution in [0, 0.1) is 5.92 Å². The van der Waals surface area contributed by atoms with Crippen LogP contribution in [0.5, 0.6) is 0 Å².